The van der Waals surface area contributed by atoms with Crippen molar-refractivity contribution in [3.05, 3.63) is 12.2 Å². The lowest BCUT2D eigenvalue weighted by atomic mass is 10.1. The summed E-state index contributed by atoms with van der Waals surface area (Å²) < 4.78 is 4.68. The van der Waals surface area contributed by atoms with Crippen molar-refractivity contribution in [1.29, 1.82) is 0 Å². The Balaban J connectivity index is 3.12. The van der Waals surface area contributed by atoms with Crippen LogP contribution in [0.25, 0.3) is 0 Å². The Kier molecular flexibility index (Phi) is 18.1. The number of allylic oxidation sites excluding steroid dienone is 2. The SMILES string of the molecule is CCCCCCCCC=CCCCCCCCC(=O)OCCl. The smallest absolute Gasteiger partial charge is 0.306 e. The van der Waals surface area contributed by atoms with Gasteiger partial charge in [0, 0.05) is 6.42 Å². The van der Waals surface area contributed by atoms with Gasteiger partial charge in [-0.05, 0) is 32.1 Å². The van der Waals surface area contributed by atoms with Gasteiger partial charge >= 0.3 is 5.97 Å². The molecule has 0 unspecified atom stereocenters. The molecule has 0 N–H and O–H groups in total. The van der Waals surface area contributed by atoms with Gasteiger partial charge in [0.2, 0.25) is 0 Å². The number of carbonyl (C=O) groups excluding carboxylic acids is 1. The first-order valence-corrected chi connectivity index (χ1v) is 9.71. The molecule has 0 saturated carbocycles. The van der Waals surface area contributed by atoms with Gasteiger partial charge in [-0.3, -0.25) is 4.79 Å². The fourth-order valence-corrected chi connectivity index (χ4v) is 2.59. The second-order valence-corrected chi connectivity index (χ2v) is 6.18. The maximum Gasteiger partial charge on any atom is 0.306 e. The van der Waals surface area contributed by atoms with Crippen LogP contribution >= 0.6 is 11.6 Å². The van der Waals surface area contributed by atoms with Gasteiger partial charge in [0.25, 0.3) is 0 Å². The van der Waals surface area contributed by atoms with Crippen LogP contribution in [0.3, 0.4) is 0 Å². The van der Waals surface area contributed by atoms with Crippen molar-refractivity contribution in [2.24, 2.45) is 0 Å². The van der Waals surface area contributed by atoms with Crippen LogP contribution in [0.2, 0.25) is 0 Å². The molecular weight excluding hydrogens is 296 g/mol. The Morgan fingerprint density at radius 3 is 1.86 bits per heavy atom. The summed E-state index contributed by atoms with van der Waals surface area (Å²) in [5.74, 6) is -0.173. The van der Waals surface area contributed by atoms with Gasteiger partial charge in [-0.2, -0.15) is 0 Å². The van der Waals surface area contributed by atoms with Crippen molar-refractivity contribution < 1.29 is 9.53 Å². The van der Waals surface area contributed by atoms with Crippen LogP contribution in [0.1, 0.15) is 96.8 Å². The van der Waals surface area contributed by atoms with E-state index in [1.165, 1.54) is 70.6 Å². The molecule has 0 aliphatic heterocycles. The van der Waals surface area contributed by atoms with Gasteiger partial charge in [0.15, 0.2) is 6.07 Å². The Labute approximate surface area is 142 Å². The van der Waals surface area contributed by atoms with E-state index in [0.717, 1.165) is 12.8 Å². The molecule has 0 bridgehead atoms. The molecule has 0 aromatic heterocycles. The Morgan fingerprint density at radius 1 is 0.818 bits per heavy atom. The van der Waals surface area contributed by atoms with E-state index in [4.69, 9.17) is 11.6 Å². The minimum atomic E-state index is -0.173. The topological polar surface area (TPSA) is 26.3 Å². The fraction of sp³-hybridized carbons (Fsp3) is 0.842. The molecule has 0 heterocycles. The van der Waals surface area contributed by atoms with E-state index in [2.05, 4.69) is 23.8 Å². The van der Waals surface area contributed by atoms with Crippen LogP contribution in [-0.4, -0.2) is 12.0 Å². The molecule has 0 aliphatic rings. The minimum absolute atomic E-state index is 0.0239. The number of esters is 1. The maximum absolute atomic E-state index is 11.1. The van der Waals surface area contributed by atoms with E-state index < -0.39 is 0 Å². The summed E-state index contributed by atoms with van der Waals surface area (Å²) >= 11 is 5.32. The number of ether oxygens (including phenoxy) is 1. The third-order valence-corrected chi connectivity index (χ3v) is 3.97. The van der Waals surface area contributed by atoms with Crippen LogP contribution in [0.4, 0.5) is 0 Å². The number of hydrogen-bond acceptors (Lipinski definition) is 2. The van der Waals surface area contributed by atoms with Crippen molar-refractivity contribution in [2.75, 3.05) is 6.07 Å². The second-order valence-electron chi connectivity index (χ2n) is 5.96. The summed E-state index contributed by atoms with van der Waals surface area (Å²) in [5, 5.41) is 0. The molecule has 2 nitrogen and oxygen atoms in total. The van der Waals surface area contributed by atoms with Gasteiger partial charge in [0.1, 0.15) is 0 Å². The molecule has 0 fully saturated rings. The van der Waals surface area contributed by atoms with Crippen molar-refractivity contribution >= 4 is 17.6 Å². The number of hydrogen-bond donors (Lipinski definition) is 0. The van der Waals surface area contributed by atoms with Crippen molar-refractivity contribution in [2.45, 2.75) is 96.8 Å². The van der Waals surface area contributed by atoms with Crippen molar-refractivity contribution in [3.63, 3.8) is 0 Å². The van der Waals surface area contributed by atoms with Crippen LogP contribution in [0, 0.1) is 0 Å². The predicted molar refractivity (Wildman–Crippen MR) is 96.3 cm³/mol. The van der Waals surface area contributed by atoms with Gasteiger partial charge in [-0.15, -0.1) is 0 Å². The molecule has 0 rings (SSSR count). The average molecular weight is 331 g/mol. The number of unbranched alkanes of at least 4 members (excludes halogenated alkanes) is 11. The van der Waals surface area contributed by atoms with E-state index in [-0.39, 0.29) is 12.0 Å². The molecule has 0 aliphatic carbocycles. The molecule has 3 heteroatoms. The number of alkyl halides is 1. The first-order valence-electron chi connectivity index (χ1n) is 9.17. The third kappa shape index (κ3) is 17.6. The molecule has 0 radical (unpaired) electrons. The Morgan fingerprint density at radius 2 is 1.32 bits per heavy atom. The highest BCUT2D eigenvalue weighted by atomic mass is 35.5. The summed E-state index contributed by atoms with van der Waals surface area (Å²) in [6.45, 7) is 2.26. The zero-order valence-corrected chi connectivity index (χ0v) is 15.2. The first kappa shape index (κ1) is 21.5. The molecule has 0 amide bonds. The first-order chi connectivity index (χ1) is 10.8. The molecule has 0 aromatic carbocycles. The summed E-state index contributed by atoms with van der Waals surface area (Å²) in [5.41, 5.74) is 0. The van der Waals surface area contributed by atoms with Gasteiger partial charge in [-0.1, -0.05) is 82.0 Å². The zero-order valence-electron chi connectivity index (χ0n) is 14.5. The minimum Gasteiger partial charge on any atom is -0.449 e. The maximum atomic E-state index is 11.1. The predicted octanol–water partition coefficient (Wildman–Crippen LogP) is 6.76. The molecule has 0 spiro atoms. The highest BCUT2D eigenvalue weighted by Gasteiger charge is 2.00. The van der Waals surface area contributed by atoms with E-state index >= 15 is 0 Å². The fourth-order valence-electron chi connectivity index (χ4n) is 2.47. The van der Waals surface area contributed by atoms with E-state index in [0.29, 0.717) is 6.42 Å². The molecule has 22 heavy (non-hydrogen) atoms. The van der Waals surface area contributed by atoms with Gasteiger partial charge < -0.3 is 4.74 Å². The summed E-state index contributed by atoms with van der Waals surface area (Å²) in [7, 11) is 0. The number of halogens is 1. The number of rotatable bonds is 16. The standard InChI is InChI=1S/C19H35ClO2/c1-2-3-4-5-6-7-8-9-10-11-12-13-14-15-16-17-19(21)22-18-20/h9-10H,2-8,11-18H2,1H3. The molecule has 0 aromatic rings. The molecule has 130 valence electrons. The largest absolute Gasteiger partial charge is 0.449 e. The van der Waals surface area contributed by atoms with Crippen molar-refractivity contribution in [1.82, 2.24) is 0 Å². The highest BCUT2D eigenvalue weighted by Crippen LogP contribution is 2.10. The highest BCUT2D eigenvalue weighted by molar-refractivity contribution is 6.17. The van der Waals surface area contributed by atoms with Crippen LogP contribution in [-0.2, 0) is 9.53 Å². The van der Waals surface area contributed by atoms with Crippen LogP contribution in [0.5, 0.6) is 0 Å². The Bertz CT molecular complexity index is 264. The van der Waals surface area contributed by atoms with Gasteiger partial charge in [0.05, 0.1) is 0 Å². The van der Waals surface area contributed by atoms with E-state index in [1.807, 2.05) is 0 Å². The monoisotopic (exact) mass is 330 g/mol. The second kappa shape index (κ2) is 18.5. The number of carbonyl (C=O) groups is 1. The summed E-state index contributed by atoms with van der Waals surface area (Å²) in [6.07, 6.45) is 21.7. The molecular formula is C19H35ClO2. The quantitative estimate of drug-likeness (QED) is 0.135. The normalized spacial score (nSPS) is 11.2. The lowest BCUT2D eigenvalue weighted by Gasteiger charge is -2.01. The van der Waals surface area contributed by atoms with Crippen LogP contribution in [0.15, 0.2) is 12.2 Å². The average Bonchev–Trinajstić information content (AvgIpc) is 2.51. The zero-order chi connectivity index (χ0) is 16.3. The van der Waals surface area contributed by atoms with Crippen LogP contribution < -0.4 is 0 Å². The molecule has 0 atom stereocenters. The lowest BCUT2D eigenvalue weighted by Crippen LogP contribution is -2.01. The summed E-state index contributed by atoms with van der Waals surface area (Å²) in [4.78, 5) is 11.1. The third-order valence-electron chi connectivity index (χ3n) is 3.86. The lowest BCUT2D eigenvalue weighted by molar-refractivity contribution is -0.141. The molecule has 0 saturated heterocycles. The van der Waals surface area contributed by atoms with Crippen molar-refractivity contribution in [3.8, 4) is 0 Å². The van der Waals surface area contributed by atoms with E-state index in [9.17, 15) is 4.79 Å². The summed E-state index contributed by atoms with van der Waals surface area (Å²) in [6, 6.07) is -0.0239. The van der Waals surface area contributed by atoms with Gasteiger partial charge in [-0.25, -0.2) is 0 Å². The Hall–Kier alpha value is -0.500. The van der Waals surface area contributed by atoms with E-state index in [1.54, 1.807) is 0 Å².